The van der Waals surface area contributed by atoms with E-state index in [1.807, 2.05) is 0 Å². The number of carbonyl (C=O) groups is 1. The molecule has 23 heavy (non-hydrogen) atoms. The van der Waals surface area contributed by atoms with Crippen LogP contribution in [0.3, 0.4) is 0 Å². The van der Waals surface area contributed by atoms with Crippen LogP contribution in [0, 0.1) is 6.92 Å². The van der Waals surface area contributed by atoms with Gasteiger partial charge in [0.1, 0.15) is 17.2 Å². The number of para-hydroxylation sites is 1. The molecular formula is C16H16F2N2O3. The highest BCUT2D eigenvalue weighted by Crippen LogP contribution is 2.26. The van der Waals surface area contributed by atoms with E-state index >= 15 is 0 Å². The fraction of sp³-hybridized carbons (Fsp3) is 0.250. The molecule has 0 saturated heterocycles. The molecular weight excluding hydrogens is 306 g/mol. The average molecular weight is 322 g/mol. The standard InChI is InChI=1S/C16H16F2N2O3/c1-10(13-5-3-4-6-14(13)22-16(17)18)7-15(21)19-9-12-8-11(2)23-20-12/h3-8,16H,9H2,1-2H3,(H,19,21)/b10-7+. The molecule has 0 atom stereocenters. The fourth-order valence-corrected chi connectivity index (χ4v) is 2.00. The first kappa shape index (κ1) is 16.7. The number of aryl methyl sites for hydroxylation is 1. The lowest BCUT2D eigenvalue weighted by atomic mass is 10.1. The van der Waals surface area contributed by atoms with Gasteiger partial charge in [-0.1, -0.05) is 23.4 Å². The van der Waals surface area contributed by atoms with Crippen LogP contribution in [0.1, 0.15) is 23.9 Å². The normalized spacial score (nSPS) is 11.6. The first-order valence-electron chi connectivity index (χ1n) is 6.88. The maximum Gasteiger partial charge on any atom is 0.387 e. The number of amides is 1. The van der Waals surface area contributed by atoms with Crippen LogP contribution in [-0.4, -0.2) is 17.7 Å². The lowest BCUT2D eigenvalue weighted by Gasteiger charge is -2.10. The van der Waals surface area contributed by atoms with Gasteiger partial charge in [0.25, 0.3) is 0 Å². The number of hydrogen-bond donors (Lipinski definition) is 1. The Balaban J connectivity index is 2.05. The summed E-state index contributed by atoms with van der Waals surface area (Å²) in [6.07, 6.45) is 1.32. The second-order valence-electron chi connectivity index (χ2n) is 4.85. The highest BCUT2D eigenvalue weighted by atomic mass is 19.3. The van der Waals surface area contributed by atoms with Crippen molar-refractivity contribution < 1.29 is 22.8 Å². The Morgan fingerprint density at radius 2 is 2.17 bits per heavy atom. The summed E-state index contributed by atoms with van der Waals surface area (Å²) >= 11 is 0. The maximum atomic E-state index is 12.4. The minimum atomic E-state index is -2.92. The molecule has 2 aromatic rings. The zero-order chi connectivity index (χ0) is 16.8. The van der Waals surface area contributed by atoms with Crippen molar-refractivity contribution in [3.05, 3.63) is 53.4 Å². The third kappa shape index (κ3) is 4.91. The Morgan fingerprint density at radius 3 is 2.83 bits per heavy atom. The molecule has 0 spiro atoms. The molecule has 2 rings (SSSR count). The van der Waals surface area contributed by atoms with E-state index in [-0.39, 0.29) is 18.2 Å². The van der Waals surface area contributed by atoms with E-state index in [0.29, 0.717) is 22.6 Å². The number of halogens is 2. The summed E-state index contributed by atoms with van der Waals surface area (Å²) in [6, 6.07) is 8.01. The Kier molecular flexibility index (Phi) is 5.46. The molecule has 1 heterocycles. The SMILES string of the molecule is C/C(=C\C(=O)NCc1cc(C)on1)c1ccccc1OC(F)F. The molecule has 1 aromatic carbocycles. The first-order chi connectivity index (χ1) is 11.0. The van der Waals surface area contributed by atoms with Crippen molar-refractivity contribution in [3.8, 4) is 5.75 Å². The van der Waals surface area contributed by atoms with Gasteiger partial charge in [0.15, 0.2) is 0 Å². The Bertz CT molecular complexity index is 711. The Hall–Kier alpha value is -2.70. The van der Waals surface area contributed by atoms with Gasteiger partial charge in [0.2, 0.25) is 5.91 Å². The third-order valence-electron chi connectivity index (χ3n) is 3.00. The van der Waals surface area contributed by atoms with Crippen LogP contribution in [0.2, 0.25) is 0 Å². The zero-order valence-electron chi connectivity index (χ0n) is 12.7. The molecule has 0 radical (unpaired) electrons. The largest absolute Gasteiger partial charge is 0.434 e. The van der Waals surface area contributed by atoms with Crippen molar-refractivity contribution in [2.45, 2.75) is 27.0 Å². The number of ether oxygens (including phenoxy) is 1. The summed E-state index contributed by atoms with van der Waals surface area (Å²) in [5.74, 6) is 0.310. The average Bonchev–Trinajstić information content (AvgIpc) is 2.90. The highest BCUT2D eigenvalue weighted by Gasteiger charge is 2.11. The van der Waals surface area contributed by atoms with Crippen molar-refractivity contribution in [3.63, 3.8) is 0 Å². The Labute approximate surface area is 131 Å². The second-order valence-corrected chi connectivity index (χ2v) is 4.85. The van der Waals surface area contributed by atoms with Crippen LogP contribution in [0.4, 0.5) is 8.78 Å². The van der Waals surface area contributed by atoms with Gasteiger partial charge in [-0.25, -0.2) is 0 Å². The number of nitrogens with one attached hydrogen (secondary N) is 1. The molecule has 122 valence electrons. The van der Waals surface area contributed by atoms with Crippen LogP contribution in [-0.2, 0) is 11.3 Å². The molecule has 0 unspecified atom stereocenters. The van der Waals surface area contributed by atoms with Crippen molar-refractivity contribution in [2.75, 3.05) is 0 Å². The van der Waals surface area contributed by atoms with Crippen LogP contribution < -0.4 is 10.1 Å². The number of benzene rings is 1. The summed E-state index contributed by atoms with van der Waals surface area (Å²) in [4.78, 5) is 11.9. The number of alkyl halides is 2. The number of carbonyl (C=O) groups excluding carboxylic acids is 1. The number of allylic oxidation sites excluding steroid dienone is 1. The van der Waals surface area contributed by atoms with Gasteiger partial charge in [0.05, 0.1) is 6.54 Å². The number of aromatic nitrogens is 1. The third-order valence-corrected chi connectivity index (χ3v) is 3.00. The predicted molar refractivity (Wildman–Crippen MR) is 79.8 cm³/mol. The van der Waals surface area contributed by atoms with E-state index < -0.39 is 6.61 Å². The molecule has 0 aliphatic heterocycles. The topological polar surface area (TPSA) is 64.4 Å². The molecule has 0 saturated carbocycles. The van der Waals surface area contributed by atoms with Gasteiger partial charge in [0, 0.05) is 17.7 Å². The Morgan fingerprint density at radius 1 is 1.43 bits per heavy atom. The van der Waals surface area contributed by atoms with Gasteiger partial charge in [-0.3, -0.25) is 4.79 Å². The summed E-state index contributed by atoms with van der Waals surface area (Å²) in [5, 5.41) is 6.40. The lowest BCUT2D eigenvalue weighted by molar-refractivity contribution is -0.116. The van der Waals surface area contributed by atoms with Crippen molar-refractivity contribution >= 4 is 11.5 Å². The molecule has 0 fully saturated rings. The van der Waals surface area contributed by atoms with Crippen molar-refractivity contribution in [1.82, 2.24) is 10.5 Å². The smallest absolute Gasteiger partial charge is 0.387 e. The highest BCUT2D eigenvalue weighted by molar-refractivity contribution is 5.95. The fourth-order valence-electron chi connectivity index (χ4n) is 2.00. The molecule has 1 N–H and O–H groups in total. The molecule has 1 amide bonds. The number of rotatable bonds is 6. The van der Waals surface area contributed by atoms with Crippen LogP contribution in [0.15, 0.2) is 40.9 Å². The molecule has 5 nitrogen and oxygen atoms in total. The second kappa shape index (κ2) is 7.53. The van der Waals surface area contributed by atoms with Gasteiger partial charge < -0.3 is 14.6 Å². The predicted octanol–water partition coefficient (Wildman–Crippen LogP) is 3.30. The van der Waals surface area contributed by atoms with E-state index in [1.54, 1.807) is 38.1 Å². The summed E-state index contributed by atoms with van der Waals surface area (Å²) in [5.41, 5.74) is 1.54. The summed E-state index contributed by atoms with van der Waals surface area (Å²) in [6.45, 7) is 0.693. The molecule has 7 heteroatoms. The van der Waals surface area contributed by atoms with Gasteiger partial charge >= 0.3 is 6.61 Å². The van der Waals surface area contributed by atoms with Crippen LogP contribution >= 0.6 is 0 Å². The first-order valence-corrected chi connectivity index (χ1v) is 6.88. The minimum absolute atomic E-state index is 0.0242. The van der Waals surface area contributed by atoms with E-state index in [2.05, 4.69) is 15.2 Å². The van der Waals surface area contributed by atoms with Gasteiger partial charge in [-0.15, -0.1) is 0 Å². The van der Waals surface area contributed by atoms with Gasteiger partial charge in [-0.2, -0.15) is 8.78 Å². The van der Waals surface area contributed by atoms with Crippen molar-refractivity contribution in [1.29, 1.82) is 0 Å². The molecule has 0 bridgehead atoms. The van der Waals surface area contributed by atoms with E-state index in [9.17, 15) is 13.6 Å². The summed E-state index contributed by atoms with van der Waals surface area (Å²) in [7, 11) is 0. The van der Waals surface area contributed by atoms with E-state index in [0.717, 1.165) is 0 Å². The van der Waals surface area contributed by atoms with Crippen molar-refractivity contribution in [2.24, 2.45) is 0 Å². The number of hydrogen-bond acceptors (Lipinski definition) is 4. The molecule has 0 aliphatic rings. The summed E-state index contributed by atoms with van der Waals surface area (Å²) < 4.78 is 34.1. The quantitative estimate of drug-likeness (QED) is 0.829. The van der Waals surface area contributed by atoms with Crippen LogP contribution in [0.25, 0.3) is 5.57 Å². The number of nitrogens with zero attached hydrogens (tertiary/aromatic N) is 1. The molecule has 1 aromatic heterocycles. The van der Waals surface area contributed by atoms with E-state index in [1.165, 1.54) is 12.1 Å². The van der Waals surface area contributed by atoms with Crippen LogP contribution in [0.5, 0.6) is 5.75 Å². The lowest BCUT2D eigenvalue weighted by Crippen LogP contribution is -2.20. The van der Waals surface area contributed by atoms with E-state index in [4.69, 9.17) is 4.52 Å². The maximum absolute atomic E-state index is 12.4. The monoisotopic (exact) mass is 322 g/mol. The van der Waals surface area contributed by atoms with Gasteiger partial charge in [-0.05, 0) is 25.5 Å². The molecule has 0 aliphatic carbocycles. The zero-order valence-corrected chi connectivity index (χ0v) is 12.7. The minimum Gasteiger partial charge on any atom is -0.434 e.